The number of hydrazine groups is 1. The van der Waals surface area contributed by atoms with Crippen molar-refractivity contribution in [1.82, 2.24) is 5.43 Å². The minimum Gasteiger partial charge on any atom is -0.496 e. The fourth-order valence-corrected chi connectivity index (χ4v) is 2.39. The van der Waals surface area contributed by atoms with E-state index in [9.17, 15) is 0 Å². The lowest BCUT2D eigenvalue weighted by Crippen LogP contribution is -2.29. The summed E-state index contributed by atoms with van der Waals surface area (Å²) in [6.45, 7) is 4.22. The number of aryl methyl sites for hydroxylation is 2. The second-order valence-corrected chi connectivity index (χ2v) is 4.94. The van der Waals surface area contributed by atoms with Gasteiger partial charge in [0, 0.05) is 5.56 Å². The van der Waals surface area contributed by atoms with Crippen LogP contribution in [-0.2, 0) is 6.42 Å². The van der Waals surface area contributed by atoms with E-state index in [1.165, 1.54) is 11.1 Å². The molecule has 0 amide bonds. The molecule has 1 atom stereocenters. The normalized spacial score (nSPS) is 12.2. The molecule has 0 fully saturated rings. The van der Waals surface area contributed by atoms with E-state index in [0.29, 0.717) is 0 Å². The lowest BCUT2D eigenvalue weighted by atomic mass is 9.96. The number of ether oxygens (including phenoxy) is 1. The molecule has 2 aromatic rings. The maximum atomic E-state index is 5.78. The van der Waals surface area contributed by atoms with Crippen LogP contribution in [0.1, 0.15) is 35.2 Å². The van der Waals surface area contributed by atoms with E-state index in [1.54, 1.807) is 7.11 Å². The zero-order valence-corrected chi connectivity index (χ0v) is 12.3. The molecule has 0 bridgehead atoms. The van der Waals surface area contributed by atoms with Crippen molar-refractivity contribution in [2.24, 2.45) is 5.84 Å². The largest absolute Gasteiger partial charge is 0.496 e. The van der Waals surface area contributed by atoms with Crippen LogP contribution >= 0.6 is 0 Å². The van der Waals surface area contributed by atoms with Crippen molar-refractivity contribution >= 4 is 0 Å². The Bertz CT molecular complexity index is 564. The highest BCUT2D eigenvalue weighted by molar-refractivity contribution is 5.44. The summed E-state index contributed by atoms with van der Waals surface area (Å²) in [5, 5.41) is 0. The molecule has 2 rings (SSSR count). The summed E-state index contributed by atoms with van der Waals surface area (Å²) in [5.74, 6) is 6.62. The van der Waals surface area contributed by atoms with Crippen molar-refractivity contribution in [2.75, 3.05) is 7.11 Å². The van der Waals surface area contributed by atoms with E-state index in [1.807, 2.05) is 12.1 Å². The highest BCUT2D eigenvalue weighted by Crippen LogP contribution is 2.30. The first-order valence-electron chi connectivity index (χ1n) is 6.89. The van der Waals surface area contributed by atoms with Crippen LogP contribution in [0.25, 0.3) is 0 Å². The van der Waals surface area contributed by atoms with Crippen molar-refractivity contribution in [2.45, 2.75) is 26.3 Å². The molecule has 3 nitrogen and oxygen atoms in total. The number of nitrogens with two attached hydrogens (primary N) is 1. The third-order valence-electron chi connectivity index (χ3n) is 3.58. The standard InChI is InChI=1S/C17H22N2O/c1-4-13-6-8-14(9-7-13)17(19-18)15-11-12(2)5-10-16(15)20-3/h5-11,17,19H,4,18H2,1-3H3. The maximum Gasteiger partial charge on any atom is 0.124 e. The third-order valence-corrected chi connectivity index (χ3v) is 3.58. The first kappa shape index (κ1) is 14.6. The molecule has 0 radical (unpaired) electrons. The molecule has 3 N–H and O–H groups in total. The second-order valence-electron chi connectivity index (χ2n) is 4.94. The molecule has 0 saturated carbocycles. The van der Waals surface area contributed by atoms with Gasteiger partial charge >= 0.3 is 0 Å². The second kappa shape index (κ2) is 6.55. The predicted octanol–water partition coefficient (Wildman–Crippen LogP) is 3.12. The van der Waals surface area contributed by atoms with Gasteiger partial charge in [-0.25, -0.2) is 5.43 Å². The smallest absolute Gasteiger partial charge is 0.124 e. The summed E-state index contributed by atoms with van der Waals surface area (Å²) >= 11 is 0. The van der Waals surface area contributed by atoms with Crippen LogP contribution in [0.5, 0.6) is 5.75 Å². The van der Waals surface area contributed by atoms with Gasteiger partial charge in [0.05, 0.1) is 13.2 Å². The first-order chi connectivity index (χ1) is 9.69. The molecule has 20 heavy (non-hydrogen) atoms. The van der Waals surface area contributed by atoms with Gasteiger partial charge in [-0.3, -0.25) is 5.84 Å². The highest BCUT2D eigenvalue weighted by atomic mass is 16.5. The molecule has 0 aromatic heterocycles. The Morgan fingerprint density at radius 3 is 2.40 bits per heavy atom. The van der Waals surface area contributed by atoms with Gasteiger partial charge in [-0.05, 0) is 30.5 Å². The van der Waals surface area contributed by atoms with E-state index in [0.717, 1.165) is 23.3 Å². The van der Waals surface area contributed by atoms with Crippen molar-refractivity contribution in [1.29, 1.82) is 0 Å². The van der Waals surface area contributed by atoms with Crippen LogP contribution in [0.4, 0.5) is 0 Å². The Kier molecular flexibility index (Phi) is 4.77. The summed E-state index contributed by atoms with van der Waals surface area (Å²) in [5.41, 5.74) is 7.59. The van der Waals surface area contributed by atoms with Crippen LogP contribution in [0, 0.1) is 6.92 Å². The minimum atomic E-state index is -0.0734. The molecule has 0 saturated heterocycles. The van der Waals surface area contributed by atoms with Gasteiger partial charge in [-0.1, -0.05) is 48.9 Å². The van der Waals surface area contributed by atoms with Crippen molar-refractivity contribution in [3.63, 3.8) is 0 Å². The number of hydrogen-bond donors (Lipinski definition) is 2. The fourth-order valence-electron chi connectivity index (χ4n) is 2.39. The van der Waals surface area contributed by atoms with E-state index in [2.05, 4.69) is 49.6 Å². The summed E-state index contributed by atoms with van der Waals surface area (Å²) in [6.07, 6.45) is 1.04. The van der Waals surface area contributed by atoms with Crippen LogP contribution < -0.4 is 16.0 Å². The van der Waals surface area contributed by atoms with Gasteiger partial charge in [-0.2, -0.15) is 0 Å². The van der Waals surface area contributed by atoms with E-state index in [-0.39, 0.29) is 6.04 Å². The molecule has 0 aliphatic carbocycles. The fraction of sp³-hybridized carbons (Fsp3) is 0.294. The lowest BCUT2D eigenvalue weighted by molar-refractivity contribution is 0.404. The third kappa shape index (κ3) is 3.00. The average Bonchev–Trinajstić information content (AvgIpc) is 2.49. The summed E-state index contributed by atoms with van der Waals surface area (Å²) in [7, 11) is 1.68. The molecule has 106 valence electrons. The Labute approximate surface area is 120 Å². The summed E-state index contributed by atoms with van der Waals surface area (Å²) < 4.78 is 5.45. The van der Waals surface area contributed by atoms with Crippen molar-refractivity contribution in [3.05, 3.63) is 64.7 Å². The summed E-state index contributed by atoms with van der Waals surface area (Å²) in [6, 6.07) is 14.6. The van der Waals surface area contributed by atoms with E-state index in [4.69, 9.17) is 10.6 Å². The van der Waals surface area contributed by atoms with Crippen molar-refractivity contribution < 1.29 is 4.74 Å². The number of methoxy groups -OCH3 is 1. The van der Waals surface area contributed by atoms with Gasteiger partial charge in [-0.15, -0.1) is 0 Å². The number of hydrogen-bond acceptors (Lipinski definition) is 3. The molecular weight excluding hydrogens is 248 g/mol. The van der Waals surface area contributed by atoms with Gasteiger partial charge in [0.2, 0.25) is 0 Å². The number of nitrogens with one attached hydrogen (secondary N) is 1. The van der Waals surface area contributed by atoms with Crippen LogP contribution in [0.2, 0.25) is 0 Å². The Hall–Kier alpha value is -1.84. The summed E-state index contributed by atoms with van der Waals surface area (Å²) in [4.78, 5) is 0. The van der Waals surface area contributed by atoms with E-state index < -0.39 is 0 Å². The predicted molar refractivity (Wildman–Crippen MR) is 82.7 cm³/mol. The minimum absolute atomic E-state index is 0.0734. The zero-order valence-electron chi connectivity index (χ0n) is 12.3. The van der Waals surface area contributed by atoms with Crippen LogP contribution in [0.3, 0.4) is 0 Å². The Morgan fingerprint density at radius 1 is 1.15 bits per heavy atom. The molecule has 0 heterocycles. The number of rotatable bonds is 5. The van der Waals surface area contributed by atoms with Crippen molar-refractivity contribution in [3.8, 4) is 5.75 Å². The molecular formula is C17H22N2O. The molecule has 0 spiro atoms. The molecule has 0 aliphatic rings. The molecule has 3 heteroatoms. The van der Waals surface area contributed by atoms with Crippen LogP contribution in [0.15, 0.2) is 42.5 Å². The van der Waals surface area contributed by atoms with Gasteiger partial charge in [0.15, 0.2) is 0 Å². The van der Waals surface area contributed by atoms with E-state index >= 15 is 0 Å². The molecule has 0 aliphatic heterocycles. The first-order valence-corrected chi connectivity index (χ1v) is 6.89. The van der Waals surface area contributed by atoms with Gasteiger partial charge in [0.25, 0.3) is 0 Å². The Morgan fingerprint density at radius 2 is 1.85 bits per heavy atom. The quantitative estimate of drug-likeness (QED) is 0.648. The molecule has 2 aromatic carbocycles. The maximum absolute atomic E-state index is 5.78. The van der Waals surface area contributed by atoms with Gasteiger partial charge < -0.3 is 4.74 Å². The van der Waals surface area contributed by atoms with Crippen LogP contribution in [-0.4, -0.2) is 7.11 Å². The lowest BCUT2D eigenvalue weighted by Gasteiger charge is -2.20. The average molecular weight is 270 g/mol. The highest BCUT2D eigenvalue weighted by Gasteiger charge is 2.17. The Balaban J connectivity index is 2.43. The van der Waals surface area contributed by atoms with Gasteiger partial charge in [0.1, 0.15) is 5.75 Å². The zero-order chi connectivity index (χ0) is 14.5. The molecule has 1 unspecified atom stereocenters. The monoisotopic (exact) mass is 270 g/mol. The number of benzene rings is 2. The SMILES string of the molecule is CCc1ccc(C(NN)c2cc(C)ccc2OC)cc1. The topological polar surface area (TPSA) is 47.3 Å².